The molecule has 2 heterocycles. The number of nitrogens with zero attached hydrogens (tertiary/aromatic N) is 3. The molecule has 0 amide bonds. The summed E-state index contributed by atoms with van der Waals surface area (Å²) >= 11 is 0. The number of aliphatic hydroxyl groups excluding tert-OH is 3. The van der Waals surface area contributed by atoms with Crippen LogP contribution in [0.1, 0.15) is 107 Å². The summed E-state index contributed by atoms with van der Waals surface area (Å²) in [6, 6.07) is 5.88. The molecule has 3 aliphatic rings. The molecule has 1 aromatic carbocycles. The summed E-state index contributed by atoms with van der Waals surface area (Å²) in [6.45, 7) is 17.7. The number of nitro benzene ring substituents is 1. The predicted molar refractivity (Wildman–Crippen MR) is 235 cm³/mol. The highest BCUT2D eigenvalue weighted by molar-refractivity contribution is 5.89. The zero-order chi connectivity index (χ0) is 47.4. The first kappa shape index (κ1) is 52.9. The van der Waals surface area contributed by atoms with Crippen LogP contribution in [0.4, 0.5) is 5.69 Å². The molecular weight excluding hydrogens is 819 g/mol. The van der Waals surface area contributed by atoms with Gasteiger partial charge in [-0.3, -0.25) is 14.9 Å². The molecule has 1 aromatic rings. The summed E-state index contributed by atoms with van der Waals surface area (Å²) < 4.78 is 38.8. The number of hydrogen-bond donors (Lipinski definition) is 4. The summed E-state index contributed by atoms with van der Waals surface area (Å²) in [5.74, 6) is -3.87. The third-order valence-electron chi connectivity index (χ3n) is 14.5. The van der Waals surface area contributed by atoms with E-state index in [1.807, 2.05) is 53.6 Å². The van der Waals surface area contributed by atoms with E-state index in [0.29, 0.717) is 24.1 Å². The average molecular weight is 896 g/mol. The molecule has 0 unspecified atom stereocenters. The summed E-state index contributed by atoms with van der Waals surface area (Å²) in [7, 11) is 6.83. The maximum Gasteiger partial charge on any atom is 0.276 e. The number of ketones is 1. The van der Waals surface area contributed by atoms with E-state index in [0.717, 1.165) is 0 Å². The van der Waals surface area contributed by atoms with Gasteiger partial charge < -0.3 is 58.6 Å². The Hall–Kier alpha value is -2.68. The zero-order valence-electron chi connectivity index (χ0n) is 39.9. The van der Waals surface area contributed by atoms with Crippen LogP contribution in [-0.4, -0.2) is 148 Å². The van der Waals surface area contributed by atoms with Gasteiger partial charge in [0.1, 0.15) is 24.6 Å². The molecular formula is C46H77N3O14. The first-order valence-electron chi connectivity index (χ1n) is 22.5. The van der Waals surface area contributed by atoms with E-state index in [-0.39, 0.29) is 49.5 Å². The Labute approximate surface area is 373 Å². The van der Waals surface area contributed by atoms with E-state index in [2.05, 4.69) is 5.16 Å². The molecule has 17 nitrogen and oxygen atoms in total. The van der Waals surface area contributed by atoms with E-state index in [1.54, 1.807) is 53.0 Å². The van der Waals surface area contributed by atoms with Crippen LogP contribution in [0.2, 0.25) is 0 Å². The van der Waals surface area contributed by atoms with Crippen molar-refractivity contribution in [3.05, 3.63) is 39.9 Å². The van der Waals surface area contributed by atoms with E-state index in [1.165, 1.54) is 20.1 Å². The van der Waals surface area contributed by atoms with Crippen LogP contribution in [0.5, 0.6) is 0 Å². The number of methoxy groups -OCH3 is 2. The molecule has 360 valence electrons. The highest BCUT2D eigenvalue weighted by Gasteiger charge is 2.53. The van der Waals surface area contributed by atoms with E-state index in [9.17, 15) is 35.3 Å². The summed E-state index contributed by atoms with van der Waals surface area (Å²) in [5.41, 5.74) is -3.59. The average Bonchev–Trinajstić information content (AvgIpc) is 3.23. The molecule has 3 fully saturated rings. The molecule has 4 rings (SSSR count). The minimum atomic E-state index is -1.79. The minimum absolute atomic E-state index is 0.118. The number of hydrogen-bond acceptors (Lipinski definition) is 16. The molecule has 4 N–H and O–H groups in total. The number of carbonyl (C=O) groups is 1. The Balaban J connectivity index is 1.91. The van der Waals surface area contributed by atoms with Gasteiger partial charge >= 0.3 is 0 Å². The van der Waals surface area contributed by atoms with Crippen molar-refractivity contribution in [1.82, 2.24) is 4.90 Å². The van der Waals surface area contributed by atoms with Crippen molar-refractivity contribution in [2.24, 2.45) is 34.7 Å². The summed E-state index contributed by atoms with van der Waals surface area (Å²) in [5, 5.41) is 63.6. The van der Waals surface area contributed by atoms with Gasteiger partial charge in [-0.25, -0.2) is 0 Å². The molecule has 17 heteroatoms. The van der Waals surface area contributed by atoms with Gasteiger partial charge in [0.05, 0.1) is 63.5 Å². The number of rotatable bonds is 12. The van der Waals surface area contributed by atoms with Gasteiger partial charge in [0, 0.05) is 62.8 Å². The number of oxime groups is 1. The summed E-state index contributed by atoms with van der Waals surface area (Å²) in [6.07, 6.45) is -7.31. The largest absolute Gasteiger partial charge is 0.391 e. The fourth-order valence-corrected chi connectivity index (χ4v) is 10.2. The topological polar surface area (TPSA) is 221 Å². The van der Waals surface area contributed by atoms with Crippen molar-refractivity contribution >= 4 is 17.2 Å². The maximum atomic E-state index is 14.7. The monoisotopic (exact) mass is 896 g/mol. The van der Waals surface area contributed by atoms with Gasteiger partial charge in [0.2, 0.25) is 0 Å². The van der Waals surface area contributed by atoms with E-state index >= 15 is 0 Å². The van der Waals surface area contributed by atoms with Crippen LogP contribution < -0.4 is 0 Å². The van der Waals surface area contributed by atoms with Gasteiger partial charge in [0.15, 0.2) is 12.6 Å². The molecule has 63 heavy (non-hydrogen) atoms. The Morgan fingerprint density at radius 3 is 2.14 bits per heavy atom. The SMILES string of the molecule is CC[C@H]1CC(=O)[C@H](C)[C@@H](O[C@H]2C[C@@](C)(OC)[C@@H](O)[C@H](C)O2)[C@H](C)[C@@H](O[C@@H]2O[C@H](C)C[C@H](N(C)C)[C@H]2O)[C@](C)(OC)C[C@@H](C)/C(=N\OCc2ccccc2[N+](=O)[O-])[C@H](C)[C@@H](O)[C@]1(C)O. The van der Waals surface area contributed by atoms with Gasteiger partial charge in [-0.1, -0.05) is 58.3 Å². The molecule has 0 spiro atoms. The van der Waals surface area contributed by atoms with Crippen LogP contribution in [0.3, 0.4) is 0 Å². The lowest BCUT2D eigenvalue weighted by Crippen LogP contribution is -2.61. The fraction of sp³-hybridized carbons (Fsp3) is 0.826. The lowest BCUT2D eigenvalue weighted by Gasteiger charge is -2.50. The Bertz CT molecular complexity index is 1700. The molecule has 2 saturated heterocycles. The Morgan fingerprint density at radius 1 is 0.921 bits per heavy atom. The molecule has 1 saturated carbocycles. The number of likely N-dealkylation sites (N-methyl/N-ethyl adjacent to an activating group) is 1. The maximum absolute atomic E-state index is 14.7. The van der Waals surface area contributed by atoms with Crippen molar-refractivity contribution in [2.45, 2.75) is 186 Å². The minimum Gasteiger partial charge on any atom is -0.391 e. The van der Waals surface area contributed by atoms with Crippen LogP contribution in [0, 0.1) is 39.7 Å². The molecule has 0 aromatic heterocycles. The number of Topliss-reactive ketones (excluding diaryl/α,β-unsaturated/α-hetero) is 1. The molecule has 0 bridgehead atoms. The van der Waals surface area contributed by atoms with Crippen molar-refractivity contribution < 1.29 is 63.4 Å². The standard InChI is InChI=1S/C46H77N3O14/c1-15-32-21-35(50)27(4)39(62-36-23-44(8,57-13)41(53)30(7)61-36)29(6)42(63-43-38(51)34(48(11)12)20-26(3)60-43)45(9,58-14)22-25(2)37(28(5)40(52)46(32,10)54)47-59-24-31-18-16-17-19-33(31)49(55)56/h16-19,25-30,32,34,36,38-43,51-54H,15,20-24H2,1-14H3/b47-37+/t25-,26-,27+,28+,29+,30+,32+,34+,36+,38-,39-,40-,41+,42-,43+,44-,45-,46-/m1/s1. The quantitative estimate of drug-likeness (QED) is 0.160. The molecule has 0 radical (unpaired) electrons. The number of aliphatic hydroxyl groups is 4. The number of carbonyl (C=O) groups excluding carboxylic acids is 1. The van der Waals surface area contributed by atoms with Crippen LogP contribution in [0.25, 0.3) is 0 Å². The van der Waals surface area contributed by atoms with Crippen LogP contribution in [-0.2, 0) is 44.7 Å². The smallest absolute Gasteiger partial charge is 0.276 e. The Kier molecular flexibility index (Phi) is 18.3. The van der Waals surface area contributed by atoms with Crippen LogP contribution >= 0.6 is 0 Å². The second-order valence-electron chi connectivity index (χ2n) is 19.3. The third-order valence-corrected chi connectivity index (χ3v) is 14.5. The first-order chi connectivity index (χ1) is 29.4. The third kappa shape index (κ3) is 11.8. The second kappa shape index (κ2) is 21.7. The number of benzene rings is 1. The zero-order valence-corrected chi connectivity index (χ0v) is 39.9. The van der Waals surface area contributed by atoms with Gasteiger partial charge in [-0.2, -0.15) is 0 Å². The number of nitro groups is 1. The lowest BCUT2D eigenvalue weighted by atomic mass is 9.69. The van der Waals surface area contributed by atoms with Crippen molar-refractivity contribution in [1.29, 1.82) is 0 Å². The lowest BCUT2D eigenvalue weighted by molar-refractivity contribution is -0.386. The highest BCUT2D eigenvalue weighted by atomic mass is 16.7. The first-order valence-corrected chi connectivity index (χ1v) is 22.5. The summed E-state index contributed by atoms with van der Waals surface area (Å²) in [4.78, 5) is 33.9. The van der Waals surface area contributed by atoms with E-state index in [4.69, 9.17) is 33.3 Å². The Morgan fingerprint density at radius 2 is 1.56 bits per heavy atom. The molecule has 2 aliphatic heterocycles. The molecule has 18 atom stereocenters. The predicted octanol–water partition coefficient (Wildman–Crippen LogP) is 5.02. The van der Waals surface area contributed by atoms with Crippen molar-refractivity contribution in [2.75, 3.05) is 28.3 Å². The van der Waals surface area contributed by atoms with Gasteiger partial charge in [-0.15, -0.1) is 0 Å². The number of ether oxygens (including phenoxy) is 6. The van der Waals surface area contributed by atoms with Crippen LogP contribution in [0.15, 0.2) is 29.4 Å². The van der Waals surface area contributed by atoms with Crippen molar-refractivity contribution in [3.8, 4) is 0 Å². The normalized spacial score (nSPS) is 43.1. The fourth-order valence-electron chi connectivity index (χ4n) is 10.2. The van der Waals surface area contributed by atoms with Gasteiger partial charge in [-0.05, 0) is 73.5 Å². The molecule has 1 aliphatic carbocycles. The van der Waals surface area contributed by atoms with Gasteiger partial charge in [0.25, 0.3) is 5.69 Å². The van der Waals surface area contributed by atoms with Crippen molar-refractivity contribution in [3.63, 3.8) is 0 Å². The number of para-hydroxylation sites is 1. The van der Waals surface area contributed by atoms with E-state index < -0.39 is 101 Å². The highest BCUT2D eigenvalue weighted by Crippen LogP contribution is 2.43. The second-order valence-corrected chi connectivity index (χ2v) is 19.3.